The monoisotopic (exact) mass is 417 g/mol. The lowest BCUT2D eigenvalue weighted by molar-refractivity contribution is -0.111. The minimum absolute atomic E-state index is 0.268. The summed E-state index contributed by atoms with van der Waals surface area (Å²) in [5.41, 5.74) is 4.78. The normalized spacial score (nSPS) is 11.4. The smallest absolute Gasteiger partial charge is 0.247 e. The summed E-state index contributed by atoms with van der Waals surface area (Å²) in [7, 11) is -3.31. The van der Waals surface area contributed by atoms with E-state index in [9.17, 15) is 13.2 Å². The molecular formula is C23H19N3O3S. The number of benzene rings is 2. The number of H-pyrrole nitrogens is 1. The third kappa shape index (κ3) is 3.88. The first-order valence-electron chi connectivity index (χ1n) is 9.16. The second-order valence-corrected chi connectivity index (χ2v) is 8.91. The molecule has 4 rings (SSSR count). The summed E-state index contributed by atoms with van der Waals surface area (Å²) in [6.45, 7) is 3.46. The van der Waals surface area contributed by atoms with E-state index in [2.05, 4.69) is 21.9 Å². The van der Waals surface area contributed by atoms with Gasteiger partial charge in [0.15, 0.2) is 9.84 Å². The molecule has 0 saturated carbocycles. The molecule has 0 fully saturated rings. The van der Waals surface area contributed by atoms with Crippen molar-refractivity contribution in [3.8, 4) is 22.3 Å². The summed E-state index contributed by atoms with van der Waals surface area (Å²) in [5, 5.41) is 3.62. The van der Waals surface area contributed by atoms with Crippen LogP contribution in [0, 0.1) is 0 Å². The zero-order chi connectivity index (χ0) is 21.3. The van der Waals surface area contributed by atoms with Crippen LogP contribution in [0.25, 0.3) is 33.3 Å². The van der Waals surface area contributed by atoms with E-state index in [0.29, 0.717) is 11.3 Å². The number of sulfone groups is 1. The molecule has 2 aromatic heterocycles. The molecule has 7 heteroatoms. The number of carbonyl (C=O) groups excluding carboxylic acids is 1. The Hall–Kier alpha value is -3.71. The first-order valence-corrected chi connectivity index (χ1v) is 11.1. The third-order valence-electron chi connectivity index (χ3n) is 4.75. The van der Waals surface area contributed by atoms with E-state index < -0.39 is 9.84 Å². The van der Waals surface area contributed by atoms with Crippen molar-refractivity contribution in [3.63, 3.8) is 0 Å². The fourth-order valence-corrected chi connectivity index (χ4v) is 3.93. The Morgan fingerprint density at radius 1 is 1.07 bits per heavy atom. The molecule has 0 aliphatic carbocycles. The average Bonchev–Trinajstić information content (AvgIpc) is 3.16. The highest BCUT2D eigenvalue weighted by Gasteiger charge is 2.13. The third-order valence-corrected chi connectivity index (χ3v) is 5.86. The minimum atomic E-state index is -3.31. The molecule has 0 bridgehead atoms. The SMILES string of the molecule is C=CC(=O)Nc1cccc(-c2cnc3[nH]cc(-c4cccc(S(C)(=O)=O)c4)c3c2)c1. The van der Waals surface area contributed by atoms with Crippen LogP contribution in [0.5, 0.6) is 0 Å². The van der Waals surface area contributed by atoms with Crippen molar-refractivity contribution >= 4 is 32.5 Å². The van der Waals surface area contributed by atoms with Crippen LogP contribution < -0.4 is 5.32 Å². The molecule has 2 aromatic carbocycles. The molecule has 1 amide bonds. The Kier molecular flexibility index (Phi) is 4.97. The van der Waals surface area contributed by atoms with Crippen LogP contribution in [0.2, 0.25) is 0 Å². The Morgan fingerprint density at radius 3 is 2.60 bits per heavy atom. The Labute approximate surface area is 174 Å². The van der Waals surface area contributed by atoms with Crippen LogP contribution in [0.15, 0.2) is 84.5 Å². The molecule has 0 radical (unpaired) electrons. The molecule has 2 heterocycles. The molecule has 0 unspecified atom stereocenters. The number of hydrogen-bond acceptors (Lipinski definition) is 4. The van der Waals surface area contributed by atoms with E-state index >= 15 is 0 Å². The highest BCUT2D eigenvalue weighted by atomic mass is 32.2. The number of anilines is 1. The summed E-state index contributed by atoms with van der Waals surface area (Å²) in [6.07, 6.45) is 5.99. The van der Waals surface area contributed by atoms with E-state index in [4.69, 9.17) is 0 Å². The maximum atomic E-state index is 11.9. The van der Waals surface area contributed by atoms with E-state index in [0.717, 1.165) is 27.6 Å². The van der Waals surface area contributed by atoms with E-state index in [1.54, 1.807) is 30.5 Å². The van der Waals surface area contributed by atoms with Crippen LogP contribution in [0.1, 0.15) is 0 Å². The van der Waals surface area contributed by atoms with Gasteiger partial charge in [-0.25, -0.2) is 13.4 Å². The molecule has 6 nitrogen and oxygen atoms in total. The van der Waals surface area contributed by atoms with Gasteiger partial charge in [0, 0.05) is 40.8 Å². The molecular weight excluding hydrogens is 398 g/mol. The maximum Gasteiger partial charge on any atom is 0.247 e. The number of hydrogen-bond donors (Lipinski definition) is 2. The quantitative estimate of drug-likeness (QED) is 0.470. The molecule has 0 atom stereocenters. The van der Waals surface area contributed by atoms with Crippen molar-refractivity contribution in [2.75, 3.05) is 11.6 Å². The molecule has 2 N–H and O–H groups in total. The van der Waals surface area contributed by atoms with Crippen LogP contribution in [0.3, 0.4) is 0 Å². The largest absolute Gasteiger partial charge is 0.346 e. The summed E-state index contributed by atoms with van der Waals surface area (Å²) in [6, 6.07) is 16.3. The van der Waals surface area contributed by atoms with Gasteiger partial charge in [0.25, 0.3) is 0 Å². The molecule has 0 aliphatic rings. The van der Waals surface area contributed by atoms with Crippen LogP contribution in [0.4, 0.5) is 5.69 Å². The van der Waals surface area contributed by atoms with Crippen molar-refractivity contribution in [2.45, 2.75) is 4.90 Å². The zero-order valence-electron chi connectivity index (χ0n) is 16.2. The average molecular weight is 417 g/mol. The Morgan fingerprint density at radius 2 is 1.83 bits per heavy atom. The van der Waals surface area contributed by atoms with Crippen molar-refractivity contribution in [1.29, 1.82) is 0 Å². The number of rotatable bonds is 5. The summed E-state index contributed by atoms with van der Waals surface area (Å²) < 4.78 is 23.9. The van der Waals surface area contributed by atoms with E-state index in [1.807, 2.05) is 36.5 Å². The standard InChI is InChI=1S/C23H19N3O3S/c1-3-22(27)26-18-8-4-6-15(10-18)17-12-20-21(14-25-23(20)24-13-17)16-7-5-9-19(11-16)30(2,28)29/h3-14H,1H2,2H3,(H,24,25)(H,26,27). The lowest BCUT2D eigenvalue weighted by Crippen LogP contribution is -2.06. The van der Waals surface area contributed by atoms with Crippen LogP contribution in [-0.2, 0) is 14.6 Å². The first-order chi connectivity index (χ1) is 14.3. The number of pyridine rings is 1. The molecule has 150 valence electrons. The summed E-state index contributed by atoms with van der Waals surface area (Å²) in [4.78, 5) is 19.5. The number of amides is 1. The highest BCUT2D eigenvalue weighted by Crippen LogP contribution is 2.32. The molecule has 0 aliphatic heterocycles. The van der Waals surface area contributed by atoms with Crippen molar-refractivity contribution in [1.82, 2.24) is 9.97 Å². The number of carbonyl (C=O) groups is 1. The highest BCUT2D eigenvalue weighted by molar-refractivity contribution is 7.90. The summed E-state index contributed by atoms with van der Waals surface area (Å²) >= 11 is 0. The Balaban J connectivity index is 1.79. The van der Waals surface area contributed by atoms with Crippen molar-refractivity contribution in [2.24, 2.45) is 0 Å². The topological polar surface area (TPSA) is 91.9 Å². The Bertz CT molecular complexity index is 1390. The lowest BCUT2D eigenvalue weighted by atomic mass is 10.0. The van der Waals surface area contributed by atoms with Gasteiger partial charge < -0.3 is 10.3 Å². The second-order valence-electron chi connectivity index (χ2n) is 6.90. The number of fused-ring (bicyclic) bond motifs is 1. The first kappa shape index (κ1) is 19.6. The number of nitrogens with one attached hydrogen (secondary N) is 2. The zero-order valence-corrected chi connectivity index (χ0v) is 17.0. The number of aromatic amines is 1. The van der Waals surface area contributed by atoms with E-state index in [1.165, 1.54) is 12.3 Å². The lowest BCUT2D eigenvalue weighted by Gasteiger charge is -2.07. The predicted molar refractivity (Wildman–Crippen MR) is 119 cm³/mol. The minimum Gasteiger partial charge on any atom is -0.346 e. The van der Waals surface area contributed by atoms with Gasteiger partial charge in [-0.3, -0.25) is 4.79 Å². The molecule has 0 saturated heterocycles. The second kappa shape index (κ2) is 7.61. The van der Waals surface area contributed by atoms with Gasteiger partial charge in [-0.05, 0) is 47.5 Å². The van der Waals surface area contributed by atoms with Gasteiger partial charge in [0.05, 0.1) is 4.90 Å². The van der Waals surface area contributed by atoms with Gasteiger partial charge in [-0.2, -0.15) is 0 Å². The van der Waals surface area contributed by atoms with Crippen molar-refractivity contribution < 1.29 is 13.2 Å². The fraction of sp³-hybridized carbons (Fsp3) is 0.0435. The maximum absolute atomic E-state index is 11.9. The summed E-state index contributed by atoms with van der Waals surface area (Å²) in [5.74, 6) is -0.278. The van der Waals surface area contributed by atoms with Crippen molar-refractivity contribution in [3.05, 3.63) is 79.6 Å². The molecule has 0 spiro atoms. The van der Waals surface area contributed by atoms with Gasteiger partial charge in [-0.15, -0.1) is 0 Å². The van der Waals surface area contributed by atoms with Crippen LogP contribution in [-0.4, -0.2) is 30.5 Å². The van der Waals surface area contributed by atoms with Gasteiger partial charge in [0.1, 0.15) is 5.65 Å². The number of aromatic nitrogens is 2. The van der Waals surface area contributed by atoms with Gasteiger partial charge in [-0.1, -0.05) is 30.8 Å². The van der Waals surface area contributed by atoms with Crippen LogP contribution >= 0.6 is 0 Å². The van der Waals surface area contributed by atoms with Gasteiger partial charge in [0.2, 0.25) is 5.91 Å². The predicted octanol–water partition coefficient (Wildman–Crippen LogP) is 4.42. The van der Waals surface area contributed by atoms with Gasteiger partial charge >= 0.3 is 0 Å². The molecule has 30 heavy (non-hydrogen) atoms. The fourth-order valence-electron chi connectivity index (χ4n) is 3.26. The number of nitrogens with zero attached hydrogens (tertiary/aromatic N) is 1. The molecule has 4 aromatic rings. The van der Waals surface area contributed by atoms with E-state index in [-0.39, 0.29) is 10.8 Å².